The fourth-order valence-electron chi connectivity index (χ4n) is 2.44. The zero-order chi connectivity index (χ0) is 20.7. The van der Waals surface area contributed by atoms with Crippen LogP contribution in [-0.4, -0.2) is 30.8 Å². The van der Waals surface area contributed by atoms with Gasteiger partial charge < -0.3 is 14.4 Å². The first kappa shape index (κ1) is 21.7. The van der Waals surface area contributed by atoms with Gasteiger partial charge >= 0.3 is 6.09 Å². The van der Waals surface area contributed by atoms with E-state index in [0.717, 1.165) is 5.56 Å². The molecular weight excluding hydrogens is 378 g/mol. The van der Waals surface area contributed by atoms with E-state index >= 15 is 0 Å². The van der Waals surface area contributed by atoms with Gasteiger partial charge in [-0.05, 0) is 44.4 Å². The van der Waals surface area contributed by atoms with Crippen LogP contribution in [0.1, 0.15) is 31.9 Å². The second-order valence-corrected chi connectivity index (χ2v) is 8.42. The molecule has 0 radical (unpaired) electrons. The van der Waals surface area contributed by atoms with Gasteiger partial charge in [-0.3, -0.25) is 5.32 Å². The maximum atomic E-state index is 11.8. The molecule has 0 saturated heterocycles. The number of nitrogens with one attached hydrogen (secondary N) is 1. The van der Waals surface area contributed by atoms with E-state index in [-0.39, 0.29) is 12.2 Å². The summed E-state index contributed by atoms with van der Waals surface area (Å²) >= 11 is -2.10. The van der Waals surface area contributed by atoms with E-state index in [1.807, 2.05) is 30.3 Å². The van der Waals surface area contributed by atoms with Gasteiger partial charge in [-0.15, -0.1) is 0 Å². The summed E-state index contributed by atoms with van der Waals surface area (Å²) in [5.41, 5.74) is 1.16. The number of hydrogen-bond donors (Lipinski definition) is 3. The Bertz CT molecular complexity index is 859. The Morgan fingerprint density at radius 1 is 1.21 bits per heavy atom. The Balaban J connectivity index is 2.08. The molecule has 0 spiro atoms. The van der Waals surface area contributed by atoms with E-state index in [1.54, 1.807) is 45.1 Å². The summed E-state index contributed by atoms with van der Waals surface area (Å²) in [6, 6.07) is 14.0. The maximum Gasteiger partial charge on any atom is 0.412 e. The summed E-state index contributed by atoms with van der Waals surface area (Å²) in [5, 5.41) is 12.1. The first-order chi connectivity index (χ1) is 13.1. The van der Waals surface area contributed by atoms with Gasteiger partial charge in [0.15, 0.2) is 11.1 Å². The van der Waals surface area contributed by atoms with Crippen molar-refractivity contribution in [1.82, 2.24) is 0 Å². The molecule has 0 bridgehead atoms. The number of amides is 1. The van der Waals surface area contributed by atoms with Gasteiger partial charge in [-0.2, -0.15) is 0 Å². The number of ether oxygens (including phenoxy) is 1. The minimum Gasteiger partial charge on any atom is -0.508 e. The number of aromatic hydroxyl groups is 1. The lowest BCUT2D eigenvalue weighted by Crippen LogP contribution is -2.27. The van der Waals surface area contributed by atoms with Crippen molar-refractivity contribution < 1.29 is 23.4 Å². The molecule has 1 amide bonds. The van der Waals surface area contributed by atoms with E-state index in [0.29, 0.717) is 11.3 Å². The number of phenolic OH excluding ortho intramolecular Hbond substituents is 1. The number of benzene rings is 2. The number of rotatable bonds is 6. The number of phenols is 1. The lowest BCUT2D eigenvalue weighted by atomic mass is 10.1. The first-order valence-electron chi connectivity index (χ1n) is 8.79. The molecule has 0 aliphatic carbocycles. The normalized spacial score (nSPS) is 13.9. The highest BCUT2D eigenvalue weighted by Crippen LogP contribution is 2.25. The molecule has 150 valence electrons. The van der Waals surface area contributed by atoms with Crippen LogP contribution >= 0.6 is 0 Å². The van der Waals surface area contributed by atoms with E-state index < -0.39 is 28.0 Å². The largest absolute Gasteiger partial charge is 0.508 e. The molecule has 2 atom stereocenters. The van der Waals surface area contributed by atoms with Crippen molar-refractivity contribution in [2.45, 2.75) is 38.0 Å². The van der Waals surface area contributed by atoms with Crippen molar-refractivity contribution in [1.29, 1.82) is 0 Å². The topological polar surface area (TPSA) is 95.9 Å². The minimum absolute atomic E-state index is 0.0721. The van der Waals surface area contributed by atoms with E-state index in [1.165, 1.54) is 6.07 Å². The van der Waals surface area contributed by atoms with Crippen molar-refractivity contribution in [3.8, 4) is 5.75 Å². The molecule has 0 heterocycles. The predicted molar refractivity (Wildman–Crippen MR) is 112 cm³/mol. The van der Waals surface area contributed by atoms with Gasteiger partial charge in [0.2, 0.25) is 0 Å². The summed E-state index contributed by atoms with van der Waals surface area (Å²) < 4.78 is 26.4. The molecule has 0 aliphatic rings. The van der Waals surface area contributed by atoms with Crippen molar-refractivity contribution in [2.75, 3.05) is 5.32 Å². The Morgan fingerprint density at radius 2 is 1.89 bits per heavy atom. The van der Waals surface area contributed by atoms with E-state index in [9.17, 15) is 18.7 Å². The van der Waals surface area contributed by atoms with E-state index in [2.05, 4.69) is 5.32 Å². The van der Waals surface area contributed by atoms with Gasteiger partial charge in [-0.1, -0.05) is 48.6 Å². The lowest BCUT2D eigenvalue weighted by molar-refractivity contribution is 0.0636. The monoisotopic (exact) mass is 403 g/mol. The van der Waals surface area contributed by atoms with Crippen LogP contribution in [0.2, 0.25) is 0 Å². The highest BCUT2D eigenvalue weighted by molar-refractivity contribution is 7.80. The molecule has 7 heteroatoms. The van der Waals surface area contributed by atoms with Crippen LogP contribution in [-0.2, 0) is 22.2 Å². The summed E-state index contributed by atoms with van der Waals surface area (Å²) in [5.74, 6) is -0.0721. The van der Waals surface area contributed by atoms with Gasteiger partial charge in [0.05, 0.1) is 5.25 Å². The predicted octanol–water partition coefficient (Wildman–Crippen LogP) is 4.59. The Labute approximate surface area is 167 Å². The fourth-order valence-corrected chi connectivity index (χ4v) is 2.98. The molecule has 0 aliphatic heterocycles. The van der Waals surface area contributed by atoms with Crippen LogP contribution in [0.15, 0.2) is 54.6 Å². The zero-order valence-electron chi connectivity index (χ0n) is 16.1. The quantitative estimate of drug-likeness (QED) is 0.613. The first-order valence-corrected chi connectivity index (χ1v) is 9.96. The van der Waals surface area contributed by atoms with Gasteiger partial charge in [0.1, 0.15) is 11.4 Å². The molecule has 6 nitrogen and oxygen atoms in total. The van der Waals surface area contributed by atoms with Crippen LogP contribution in [0.4, 0.5) is 10.5 Å². The number of hydrogen-bond acceptors (Lipinski definition) is 4. The summed E-state index contributed by atoms with van der Waals surface area (Å²) in [7, 11) is 0. The lowest BCUT2D eigenvalue weighted by Gasteiger charge is -2.20. The van der Waals surface area contributed by atoms with Gasteiger partial charge in [0, 0.05) is 11.8 Å². The second kappa shape index (κ2) is 9.52. The molecule has 0 aromatic heterocycles. The summed E-state index contributed by atoms with van der Waals surface area (Å²) in [4.78, 5) is 11.8. The molecular formula is C21H25NO5S. The molecule has 2 unspecified atom stereocenters. The molecule has 28 heavy (non-hydrogen) atoms. The van der Waals surface area contributed by atoms with Gasteiger partial charge in [-0.25, -0.2) is 9.00 Å². The van der Waals surface area contributed by atoms with Crippen LogP contribution < -0.4 is 5.32 Å². The maximum absolute atomic E-state index is 11.8. The Kier molecular flexibility index (Phi) is 7.37. The highest BCUT2D eigenvalue weighted by Gasteiger charge is 2.18. The van der Waals surface area contributed by atoms with Crippen molar-refractivity contribution in [3.05, 3.63) is 65.7 Å². The molecule has 0 fully saturated rings. The van der Waals surface area contributed by atoms with Crippen molar-refractivity contribution in [3.63, 3.8) is 0 Å². The molecule has 3 N–H and O–H groups in total. The van der Waals surface area contributed by atoms with Crippen LogP contribution in [0.5, 0.6) is 5.75 Å². The minimum atomic E-state index is -2.10. The SMILES string of the molecule is CC(C)(C)OC(=O)Nc1ccc(CC(C=Cc2ccccc2)S(=O)O)c(O)c1. The Hall–Kier alpha value is -2.64. The smallest absolute Gasteiger partial charge is 0.412 e. The average molecular weight is 404 g/mol. The zero-order valence-corrected chi connectivity index (χ0v) is 16.9. The fraction of sp³-hybridized carbons (Fsp3) is 0.286. The van der Waals surface area contributed by atoms with Crippen molar-refractivity contribution in [2.24, 2.45) is 0 Å². The third-order valence-corrected chi connectivity index (χ3v) is 4.56. The van der Waals surface area contributed by atoms with E-state index in [4.69, 9.17) is 4.74 Å². The van der Waals surface area contributed by atoms with Crippen LogP contribution in [0, 0.1) is 0 Å². The molecule has 2 aromatic rings. The third-order valence-electron chi connectivity index (χ3n) is 3.71. The second-order valence-electron chi connectivity index (χ2n) is 7.26. The molecule has 2 aromatic carbocycles. The average Bonchev–Trinajstić information content (AvgIpc) is 2.59. The Morgan fingerprint density at radius 3 is 2.46 bits per heavy atom. The summed E-state index contributed by atoms with van der Waals surface area (Å²) in [6.45, 7) is 5.27. The standard InChI is InChI=1S/C21H25NO5S/c1-21(2,3)27-20(24)22-17-11-10-16(19(23)14-17)13-18(28(25)26)12-9-15-7-5-4-6-8-15/h4-12,14,18,23H,13H2,1-3H3,(H,22,24)(H,25,26). The number of anilines is 1. The van der Waals surface area contributed by atoms with Crippen molar-refractivity contribution >= 4 is 28.9 Å². The highest BCUT2D eigenvalue weighted by atomic mass is 32.2. The van der Waals surface area contributed by atoms with Crippen LogP contribution in [0.3, 0.4) is 0 Å². The van der Waals surface area contributed by atoms with Gasteiger partial charge in [0.25, 0.3) is 0 Å². The molecule has 0 saturated carbocycles. The number of carbonyl (C=O) groups is 1. The summed E-state index contributed by atoms with van der Waals surface area (Å²) in [6.07, 6.45) is 2.97. The molecule has 2 rings (SSSR count). The third kappa shape index (κ3) is 7.17. The van der Waals surface area contributed by atoms with Crippen LogP contribution in [0.25, 0.3) is 6.08 Å². The number of carbonyl (C=O) groups excluding carboxylic acids is 1.